The Morgan fingerprint density at radius 1 is 1.33 bits per heavy atom. The lowest BCUT2D eigenvalue weighted by molar-refractivity contribution is 0.0641. The van der Waals surface area contributed by atoms with Gasteiger partial charge in [0.1, 0.15) is 12.4 Å². The molecule has 2 heterocycles. The molecule has 24 heavy (non-hydrogen) atoms. The van der Waals surface area contributed by atoms with E-state index in [4.69, 9.17) is 9.47 Å². The molecule has 1 aromatic carbocycles. The van der Waals surface area contributed by atoms with Crippen molar-refractivity contribution in [2.24, 2.45) is 0 Å². The molecule has 2 aliphatic rings. The fourth-order valence-corrected chi connectivity index (χ4v) is 3.91. The van der Waals surface area contributed by atoms with Crippen molar-refractivity contribution in [3.63, 3.8) is 0 Å². The highest BCUT2D eigenvalue weighted by Gasteiger charge is 2.37. The van der Waals surface area contributed by atoms with Crippen LogP contribution < -0.4 is 4.74 Å². The van der Waals surface area contributed by atoms with Gasteiger partial charge in [0.2, 0.25) is 0 Å². The van der Waals surface area contributed by atoms with Crippen LogP contribution in [0.3, 0.4) is 0 Å². The Kier molecular flexibility index (Phi) is 4.99. The molecule has 6 nitrogen and oxygen atoms in total. The van der Waals surface area contributed by atoms with Crippen molar-refractivity contribution < 1.29 is 19.1 Å². The van der Waals surface area contributed by atoms with E-state index < -0.39 is 0 Å². The Morgan fingerprint density at radius 3 is 2.58 bits per heavy atom. The van der Waals surface area contributed by atoms with Crippen molar-refractivity contribution in [2.45, 2.75) is 31.8 Å². The fraction of sp³-hybridized carbons (Fsp3) is 0.529. The first-order chi connectivity index (χ1) is 11.5. The summed E-state index contributed by atoms with van der Waals surface area (Å²) in [5.74, 6) is 0.709. The van der Waals surface area contributed by atoms with Crippen molar-refractivity contribution in [3.8, 4) is 5.75 Å². The van der Waals surface area contributed by atoms with Crippen molar-refractivity contribution in [3.05, 3.63) is 28.2 Å². The molecule has 0 bridgehead atoms. The Morgan fingerprint density at radius 2 is 2.04 bits per heavy atom. The average Bonchev–Trinajstić information content (AvgIpc) is 2.93. The highest BCUT2D eigenvalue weighted by molar-refractivity contribution is 9.10. The summed E-state index contributed by atoms with van der Waals surface area (Å²) >= 11 is 3.41. The first-order valence-corrected chi connectivity index (χ1v) is 8.88. The Hall–Kier alpha value is -1.76. The van der Waals surface area contributed by atoms with Gasteiger partial charge < -0.3 is 14.4 Å². The van der Waals surface area contributed by atoms with Gasteiger partial charge in [-0.3, -0.25) is 9.69 Å². The van der Waals surface area contributed by atoms with E-state index in [2.05, 4.69) is 15.9 Å². The van der Waals surface area contributed by atoms with E-state index in [0.29, 0.717) is 31.0 Å². The van der Waals surface area contributed by atoms with E-state index in [0.717, 1.165) is 17.3 Å². The van der Waals surface area contributed by atoms with Gasteiger partial charge in [-0.15, -0.1) is 0 Å². The van der Waals surface area contributed by atoms with Crippen LogP contribution in [0.5, 0.6) is 5.75 Å². The number of carbonyl (C=O) groups is 2. The zero-order valence-electron chi connectivity index (χ0n) is 13.8. The second-order valence-electron chi connectivity index (χ2n) is 6.21. The summed E-state index contributed by atoms with van der Waals surface area (Å²) in [7, 11) is 1.59. The molecule has 2 fully saturated rings. The fourth-order valence-electron chi connectivity index (χ4n) is 3.36. The molecule has 2 aliphatic heterocycles. The lowest BCUT2D eigenvalue weighted by atomic mass is 10.0. The third-order valence-corrected chi connectivity index (χ3v) is 5.30. The molecule has 1 unspecified atom stereocenters. The van der Waals surface area contributed by atoms with Gasteiger partial charge in [-0.1, -0.05) is 0 Å². The number of hydrogen-bond donors (Lipinski definition) is 0. The summed E-state index contributed by atoms with van der Waals surface area (Å²) in [6, 6.07) is 5.61. The molecule has 130 valence electrons. The minimum Gasteiger partial charge on any atom is -0.496 e. The topological polar surface area (TPSA) is 59.1 Å². The number of hydrogen-bond acceptors (Lipinski definition) is 4. The van der Waals surface area contributed by atoms with Crippen LogP contribution in [0.25, 0.3) is 0 Å². The normalized spacial score (nSPS) is 21.8. The number of cyclic esters (lactones) is 1. The van der Waals surface area contributed by atoms with Gasteiger partial charge in [-0.2, -0.15) is 0 Å². The van der Waals surface area contributed by atoms with Gasteiger partial charge in [0.25, 0.3) is 5.91 Å². The van der Waals surface area contributed by atoms with Crippen LogP contribution in [0, 0.1) is 0 Å². The first-order valence-electron chi connectivity index (χ1n) is 8.09. The molecule has 0 N–H and O–H groups in total. The summed E-state index contributed by atoms with van der Waals surface area (Å²) in [6.45, 7) is 3.74. The number of methoxy groups -OCH3 is 1. The maximum atomic E-state index is 12.7. The van der Waals surface area contributed by atoms with E-state index in [1.165, 1.54) is 0 Å². The summed E-state index contributed by atoms with van der Waals surface area (Å²) in [5.41, 5.74) is 0.634. The zero-order valence-corrected chi connectivity index (χ0v) is 15.4. The Labute approximate surface area is 149 Å². The van der Waals surface area contributed by atoms with Crippen molar-refractivity contribution in [1.82, 2.24) is 9.80 Å². The number of rotatable bonds is 3. The van der Waals surface area contributed by atoms with E-state index in [-0.39, 0.29) is 24.1 Å². The number of likely N-dealkylation sites (tertiary alicyclic amines) is 1. The van der Waals surface area contributed by atoms with Gasteiger partial charge >= 0.3 is 6.09 Å². The number of piperidine rings is 1. The van der Waals surface area contributed by atoms with Crippen molar-refractivity contribution in [1.29, 1.82) is 0 Å². The van der Waals surface area contributed by atoms with E-state index >= 15 is 0 Å². The lowest BCUT2D eigenvalue weighted by Crippen LogP contribution is -2.49. The predicted molar refractivity (Wildman–Crippen MR) is 92.3 cm³/mol. The van der Waals surface area contributed by atoms with Crippen LogP contribution in [-0.2, 0) is 4.74 Å². The predicted octanol–water partition coefficient (Wildman–Crippen LogP) is 2.90. The number of halogens is 1. The number of nitrogens with zero attached hydrogens (tertiary/aromatic N) is 2. The highest BCUT2D eigenvalue weighted by Crippen LogP contribution is 2.28. The first kappa shape index (κ1) is 17.1. The van der Waals surface area contributed by atoms with Gasteiger partial charge in [-0.05, 0) is 53.9 Å². The molecular weight excluding hydrogens is 376 g/mol. The van der Waals surface area contributed by atoms with E-state index in [1.54, 1.807) is 25.3 Å². The van der Waals surface area contributed by atoms with E-state index in [9.17, 15) is 9.59 Å². The van der Waals surface area contributed by atoms with Crippen LogP contribution >= 0.6 is 15.9 Å². The third kappa shape index (κ3) is 3.22. The molecule has 0 aromatic heterocycles. The maximum Gasteiger partial charge on any atom is 0.410 e. The second-order valence-corrected chi connectivity index (χ2v) is 7.06. The summed E-state index contributed by atoms with van der Waals surface area (Å²) in [6.07, 6.45) is 1.33. The Balaban J connectivity index is 1.63. The molecule has 0 saturated carbocycles. The molecule has 2 amide bonds. The third-order valence-electron chi connectivity index (χ3n) is 4.68. The molecular formula is C17H21BrN2O4. The van der Waals surface area contributed by atoms with Gasteiger partial charge in [0, 0.05) is 24.7 Å². The minimum atomic E-state index is -0.230. The lowest BCUT2D eigenvalue weighted by Gasteiger charge is -2.37. The second kappa shape index (κ2) is 7.01. The largest absolute Gasteiger partial charge is 0.496 e. The zero-order chi connectivity index (χ0) is 17.3. The smallest absolute Gasteiger partial charge is 0.410 e. The molecule has 1 atom stereocenters. The minimum absolute atomic E-state index is 0.00819. The van der Waals surface area contributed by atoms with Gasteiger partial charge in [0.15, 0.2) is 0 Å². The maximum absolute atomic E-state index is 12.7. The molecule has 3 rings (SSSR count). The van der Waals surface area contributed by atoms with E-state index in [1.807, 2.05) is 16.7 Å². The summed E-state index contributed by atoms with van der Waals surface area (Å²) < 4.78 is 11.1. The number of amides is 2. The molecule has 0 radical (unpaired) electrons. The monoisotopic (exact) mass is 396 g/mol. The number of ether oxygens (including phenoxy) is 2. The number of benzene rings is 1. The average molecular weight is 397 g/mol. The molecule has 7 heteroatoms. The number of carbonyl (C=O) groups excluding carboxylic acids is 2. The summed E-state index contributed by atoms with van der Waals surface area (Å²) in [4.78, 5) is 28.2. The quantitative estimate of drug-likeness (QED) is 0.787. The summed E-state index contributed by atoms with van der Waals surface area (Å²) in [5, 5.41) is 0. The molecule has 0 aliphatic carbocycles. The molecule has 1 aromatic rings. The van der Waals surface area contributed by atoms with Crippen molar-refractivity contribution in [2.75, 3.05) is 26.8 Å². The van der Waals surface area contributed by atoms with Crippen LogP contribution in [0.15, 0.2) is 22.7 Å². The molecule has 2 saturated heterocycles. The van der Waals surface area contributed by atoms with Crippen LogP contribution in [0.4, 0.5) is 4.79 Å². The van der Waals surface area contributed by atoms with Crippen LogP contribution in [0.2, 0.25) is 0 Å². The van der Waals surface area contributed by atoms with Crippen molar-refractivity contribution >= 4 is 27.9 Å². The Bertz CT molecular complexity index is 643. The van der Waals surface area contributed by atoms with Crippen LogP contribution in [-0.4, -0.2) is 60.7 Å². The van der Waals surface area contributed by atoms with Gasteiger partial charge in [-0.25, -0.2) is 4.79 Å². The van der Waals surface area contributed by atoms with Crippen LogP contribution in [0.1, 0.15) is 30.1 Å². The van der Waals surface area contributed by atoms with Gasteiger partial charge in [0.05, 0.1) is 17.6 Å². The highest BCUT2D eigenvalue weighted by atomic mass is 79.9. The SMILES string of the molecule is COc1ccc(C(=O)N2CCC(N3C(=O)OCC3C)CC2)cc1Br. The standard InChI is InChI=1S/C17H21BrN2O4/c1-11-10-24-17(22)20(11)13-5-7-19(8-6-13)16(21)12-3-4-15(23-2)14(18)9-12/h3-4,9,11,13H,5-8,10H2,1-2H3. The molecule has 0 spiro atoms.